The number of benzene rings is 1. The number of hydrogen-bond acceptors (Lipinski definition) is 4. The number of aromatic nitrogens is 3. The van der Waals surface area contributed by atoms with Crippen LogP contribution in [0, 0.1) is 13.8 Å². The molecule has 0 fully saturated rings. The number of carbonyl (C=O) groups excluding carboxylic acids is 1. The Labute approximate surface area is 154 Å². The third-order valence-corrected chi connectivity index (χ3v) is 4.82. The summed E-state index contributed by atoms with van der Waals surface area (Å²) in [5.41, 5.74) is 6.52. The molecular formula is C20H27N5O. The van der Waals surface area contributed by atoms with Crippen LogP contribution in [0.15, 0.2) is 18.2 Å². The third-order valence-electron chi connectivity index (χ3n) is 4.82. The second-order valence-corrected chi connectivity index (χ2v) is 7.19. The molecule has 0 spiro atoms. The fourth-order valence-electron chi connectivity index (χ4n) is 3.35. The normalized spacial score (nSPS) is 11.5. The summed E-state index contributed by atoms with van der Waals surface area (Å²) in [4.78, 5) is 27.7. The molecule has 1 aromatic carbocycles. The predicted octanol–water partition coefficient (Wildman–Crippen LogP) is 3.38. The molecule has 0 saturated carbocycles. The van der Waals surface area contributed by atoms with Gasteiger partial charge in [0.1, 0.15) is 0 Å². The van der Waals surface area contributed by atoms with E-state index in [-0.39, 0.29) is 5.78 Å². The number of nitrogens with zero attached hydrogens (tertiary/aromatic N) is 3. The molecule has 2 aromatic heterocycles. The number of aryl methyl sites for hydroxylation is 1. The zero-order valence-corrected chi connectivity index (χ0v) is 16.4. The first-order chi connectivity index (χ1) is 12.3. The first-order valence-corrected chi connectivity index (χ1v) is 8.84. The van der Waals surface area contributed by atoms with Crippen molar-refractivity contribution in [2.45, 2.75) is 20.8 Å². The van der Waals surface area contributed by atoms with Gasteiger partial charge in [0.05, 0.1) is 16.7 Å². The number of anilines is 1. The van der Waals surface area contributed by atoms with Crippen LogP contribution in [0.25, 0.3) is 22.6 Å². The highest BCUT2D eigenvalue weighted by molar-refractivity contribution is 5.98. The van der Waals surface area contributed by atoms with Crippen LogP contribution in [-0.4, -0.2) is 59.9 Å². The molecule has 6 nitrogen and oxygen atoms in total. The summed E-state index contributed by atoms with van der Waals surface area (Å²) in [6.45, 7) is 7.44. The zero-order chi connectivity index (χ0) is 19.0. The van der Waals surface area contributed by atoms with Gasteiger partial charge in [-0.1, -0.05) is 0 Å². The Hall–Kier alpha value is -2.60. The highest BCUT2D eigenvalue weighted by Gasteiger charge is 2.18. The third kappa shape index (κ3) is 3.37. The smallest absolute Gasteiger partial charge is 0.161 e. The van der Waals surface area contributed by atoms with Crippen molar-refractivity contribution >= 4 is 22.5 Å². The first-order valence-electron chi connectivity index (χ1n) is 8.84. The fraction of sp³-hybridized carbons (Fsp3) is 0.400. The van der Waals surface area contributed by atoms with E-state index < -0.39 is 0 Å². The Morgan fingerprint density at radius 2 is 1.85 bits per heavy atom. The number of imidazole rings is 1. The molecule has 2 heterocycles. The molecule has 0 atom stereocenters. The maximum Gasteiger partial charge on any atom is 0.161 e. The Balaban J connectivity index is 1.95. The molecule has 0 aliphatic carbocycles. The van der Waals surface area contributed by atoms with E-state index in [0.29, 0.717) is 0 Å². The second kappa shape index (κ2) is 6.96. The molecule has 138 valence electrons. The molecule has 3 aromatic rings. The lowest BCUT2D eigenvalue weighted by atomic mass is 10.1. The van der Waals surface area contributed by atoms with Gasteiger partial charge in [-0.3, -0.25) is 4.79 Å². The van der Waals surface area contributed by atoms with Crippen molar-refractivity contribution in [1.82, 2.24) is 19.9 Å². The Morgan fingerprint density at radius 3 is 2.46 bits per heavy atom. The number of carbonyl (C=O) groups is 1. The van der Waals surface area contributed by atoms with Gasteiger partial charge in [0.25, 0.3) is 0 Å². The summed E-state index contributed by atoms with van der Waals surface area (Å²) >= 11 is 0. The Bertz CT molecular complexity index is 951. The number of H-pyrrole nitrogens is 2. The van der Waals surface area contributed by atoms with E-state index in [1.54, 1.807) is 6.92 Å². The number of Topliss-reactive ketones (excluding diaryl/α,β-unsaturated/α-hetero) is 1. The van der Waals surface area contributed by atoms with E-state index >= 15 is 0 Å². The molecule has 0 amide bonds. The average molecular weight is 353 g/mol. The quantitative estimate of drug-likeness (QED) is 0.667. The number of ketones is 1. The van der Waals surface area contributed by atoms with Crippen LogP contribution in [0.3, 0.4) is 0 Å². The van der Waals surface area contributed by atoms with Crippen LogP contribution in [-0.2, 0) is 0 Å². The number of rotatable bonds is 6. The van der Waals surface area contributed by atoms with Crippen LogP contribution in [0.1, 0.15) is 28.5 Å². The average Bonchev–Trinajstić information content (AvgIpc) is 3.11. The van der Waals surface area contributed by atoms with Crippen molar-refractivity contribution in [2.75, 3.05) is 39.1 Å². The summed E-state index contributed by atoms with van der Waals surface area (Å²) in [6, 6.07) is 6.25. The fourth-order valence-corrected chi connectivity index (χ4v) is 3.35. The molecular weight excluding hydrogens is 326 g/mol. The van der Waals surface area contributed by atoms with Gasteiger partial charge in [0.15, 0.2) is 11.6 Å². The minimum atomic E-state index is 0.0726. The predicted molar refractivity (Wildman–Crippen MR) is 107 cm³/mol. The first kappa shape index (κ1) is 18.2. The van der Waals surface area contributed by atoms with Gasteiger partial charge >= 0.3 is 0 Å². The summed E-state index contributed by atoms with van der Waals surface area (Å²) < 4.78 is 0. The molecule has 6 heteroatoms. The van der Waals surface area contributed by atoms with E-state index in [1.807, 2.05) is 19.9 Å². The van der Waals surface area contributed by atoms with Crippen molar-refractivity contribution < 1.29 is 4.79 Å². The zero-order valence-electron chi connectivity index (χ0n) is 16.4. The summed E-state index contributed by atoms with van der Waals surface area (Å²) in [5, 5.41) is 0. The van der Waals surface area contributed by atoms with Crippen LogP contribution in [0.5, 0.6) is 0 Å². The van der Waals surface area contributed by atoms with Gasteiger partial charge in [-0.05, 0) is 58.6 Å². The van der Waals surface area contributed by atoms with Gasteiger partial charge < -0.3 is 19.8 Å². The number of hydrogen-bond donors (Lipinski definition) is 2. The lowest BCUT2D eigenvalue weighted by molar-refractivity contribution is 0.101. The van der Waals surface area contributed by atoms with Crippen LogP contribution in [0.2, 0.25) is 0 Å². The van der Waals surface area contributed by atoms with Crippen molar-refractivity contribution in [1.29, 1.82) is 0 Å². The van der Waals surface area contributed by atoms with Gasteiger partial charge in [-0.25, -0.2) is 4.98 Å². The number of aromatic amines is 2. The van der Waals surface area contributed by atoms with Gasteiger partial charge in [0.2, 0.25) is 0 Å². The highest BCUT2D eigenvalue weighted by atomic mass is 16.1. The van der Waals surface area contributed by atoms with E-state index in [4.69, 9.17) is 4.98 Å². The summed E-state index contributed by atoms with van der Waals surface area (Å²) in [5.74, 6) is 0.838. The van der Waals surface area contributed by atoms with E-state index in [9.17, 15) is 4.79 Å². The van der Waals surface area contributed by atoms with Crippen LogP contribution in [0.4, 0.5) is 5.69 Å². The number of likely N-dealkylation sites (N-methyl/N-ethyl adjacent to an activating group) is 2. The number of nitrogens with one attached hydrogen (secondary N) is 2. The van der Waals surface area contributed by atoms with Gasteiger partial charge in [-0.2, -0.15) is 0 Å². The molecule has 0 saturated heterocycles. The van der Waals surface area contributed by atoms with E-state index in [2.05, 4.69) is 53.0 Å². The van der Waals surface area contributed by atoms with Crippen molar-refractivity contribution in [3.05, 3.63) is 35.0 Å². The lowest BCUT2D eigenvalue weighted by Gasteiger charge is -2.21. The maximum absolute atomic E-state index is 11.9. The molecule has 0 aliphatic rings. The monoisotopic (exact) mass is 353 g/mol. The number of fused-ring (bicyclic) bond motifs is 1. The molecule has 0 bridgehead atoms. The molecule has 2 N–H and O–H groups in total. The largest absolute Gasteiger partial charge is 0.373 e. The Kier molecular flexibility index (Phi) is 4.87. The Morgan fingerprint density at radius 1 is 1.12 bits per heavy atom. The van der Waals surface area contributed by atoms with E-state index in [1.165, 1.54) is 0 Å². The SMILES string of the molecule is CC(=O)c1c(C)[nH]c(-c2nc3ccc(N(C)CCN(C)C)cc3[nH]2)c1C. The lowest BCUT2D eigenvalue weighted by Crippen LogP contribution is -2.28. The molecule has 0 aliphatic heterocycles. The summed E-state index contributed by atoms with van der Waals surface area (Å²) in [7, 11) is 6.25. The standard InChI is InChI=1S/C20H27N5O/c1-12-18(14(3)26)13(2)21-19(12)20-22-16-8-7-15(11-17(16)23-20)25(6)10-9-24(4)5/h7-8,11,21H,9-10H2,1-6H3,(H,22,23). The molecule has 0 unspecified atom stereocenters. The van der Waals surface area contributed by atoms with Gasteiger partial charge in [-0.15, -0.1) is 0 Å². The molecule has 3 rings (SSSR count). The van der Waals surface area contributed by atoms with Crippen LogP contribution < -0.4 is 4.90 Å². The molecule has 26 heavy (non-hydrogen) atoms. The minimum absolute atomic E-state index is 0.0726. The molecule has 0 radical (unpaired) electrons. The maximum atomic E-state index is 11.9. The van der Waals surface area contributed by atoms with E-state index in [0.717, 1.165) is 58.1 Å². The van der Waals surface area contributed by atoms with Crippen molar-refractivity contribution in [2.24, 2.45) is 0 Å². The van der Waals surface area contributed by atoms with Gasteiger partial charge in [0, 0.05) is 37.1 Å². The van der Waals surface area contributed by atoms with Crippen LogP contribution >= 0.6 is 0 Å². The highest BCUT2D eigenvalue weighted by Crippen LogP contribution is 2.28. The van der Waals surface area contributed by atoms with Crippen molar-refractivity contribution in [3.63, 3.8) is 0 Å². The topological polar surface area (TPSA) is 68.0 Å². The minimum Gasteiger partial charge on any atom is -0.373 e. The summed E-state index contributed by atoms with van der Waals surface area (Å²) in [6.07, 6.45) is 0. The van der Waals surface area contributed by atoms with Crippen molar-refractivity contribution in [3.8, 4) is 11.5 Å². The second-order valence-electron chi connectivity index (χ2n) is 7.19.